The highest BCUT2D eigenvalue weighted by Gasteiger charge is 2.37. The van der Waals surface area contributed by atoms with Crippen LogP contribution in [0, 0.1) is 6.92 Å². The zero-order chi connectivity index (χ0) is 25.2. The van der Waals surface area contributed by atoms with Crippen molar-refractivity contribution < 1.29 is 19.1 Å². The lowest BCUT2D eigenvalue weighted by Gasteiger charge is -2.26. The fourth-order valence-corrected chi connectivity index (χ4v) is 4.28. The average molecular weight is 497 g/mol. The van der Waals surface area contributed by atoms with Gasteiger partial charge in [-0.3, -0.25) is 14.9 Å². The number of carbonyl (C=O) groups excluding carboxylic acids is 3. The van der Waals surface area contributed by atoms with Crippen molar-refractivity contribution >= 4 is 52.0 Å². The Morgan fingerprint density at radius 3 is 2.47 bits per heavy atom. The number of imide groups is 2. The molecule has 4 amide bonds. The van der Waals surface area contributed by atoms with Crippen LogP contribution in [0.1, 0.15) is 16.7 Å². The number of fused-ring (bicyclic) bond motifs is 1. The maximum absolute atomic E-state index is 13.4. The predicted octanol–water partition coefficient (Wildman–Crippen LogP) is 6.05. The van der Waals surface area contributed by atoms with E-state index in [4.69, 9.17) is 16.3 Å². The van der Waals surface area contributed by atoms with E-state index in [9.17, 15) is 14.4 Å². The Morgan fingerprint density at radius 2 is 1.69 bits per heavy atom. The zero-order valence-electron chi connectivity index (χ0n) is 19.3. The van der Waals surface area contributed by atoms with Gasteiger partial charge in [-0.25, -0.2) is 9.69 Å². The molecule has 4 aromatic carbocycles. The molecule has 5 rings (SSSR count). The molecule has 1 saturated heterocycles. The fourth-order valence-electron chi connectivity index (χ4n) is 4.07. The molecule has 0 aromatic heterocycles. The number of barbiturate groups is 1. The Morgan fingerprint density at radius 1 is 0.917 bits per heavy atom. The highest BCUT2D eigenvalue weighted by Crippen LogP contribution is 2.32. The van der Waals surface area contributed by atoms with Crippen molar-refractivity contribution in [3.05, 3.63) is 112 Å². The van der Waals surface area contributed by atoms with E-state index in [-0.39, 0.29) is 12.2 Å². The molecule has 0 saturated carbocycles. The summed E-state index contributed by atoms with van der Waals surface area (Å²) in [7, 11) is 0. The molecule has 7 heteroatoms. The number of hydrogen-bond acceptors (Lipinski definition) is 4. The monoisotopic (exact) mass is 496 g/mol. The van der Waals surface area contributed by atoms with Gasteiger partial charge in [-0.2, -0.15) is 0 Å². The molecule has 0 unspecified atom stereocenters. The minimum Gasteiger partial charge on any atom is -0.488 e. The Hall–Kier alpha value is -4.42. The number of rotatable bonds is 5. The number of nitrogens with zero attached hydrogens (tertiary/aromatic N) is 1. The number of hydrogen-bond donors (Lipinski definition) is 1. The second-order valence-corrected chi connectivity index (χ2v) is 8.85. The van der Waals surface area contributed by atoms with Crippen LogP contribution in [0.4, 0.5) is 10.5 Å². The first-order valence-electron chi connectivity index (χ1n) is 11.3. The lowest BCUT2D eigenvalue weighted by molar-refractivity contribution is -0.122. The molecule has 36 heavy (non-hydrogen) atoms. The smallest absolute Gasteiger partial charge is 0.335 e. The van der Waals surface area contributed by atoms with Crippen LogP contribution in [-0.4, -0.2) is 17.8 Å². The summed E-state index contributed by atoms with van der Waals surface area (Å²) in [5, 5.41) is 4.59. The third-order valence-electron chi connectivity index (χ3n) is 5.90. The van der Waals surface area contributed by atoms with E-state index in [1.807, 2.05) is 55.5 Å². The summed E-state index contributed by atoms with van der Waals surface area (Å²) in [6.45, 7) is 2.14. The zero-order valence-corrected chi connectivity index (χ0v) is 20.1. The Bertz CT molecular complexity index is 1540. The highest BCUT2D eigenvalue weighted by molar-refractivity contribution is 6.39. The van der Waals surface area contributed by atoms with Crippen molar-refractivity contribution in [3.63, 3.8) is 0 Å². The second kappa shape index (κ2) is 9.68. The molecule has 0 atom stereocenters. The number of ether oxygens (including phenoxy) is 1. The molecule has 0 aliphatic carbocycles. The van der Waals surface area contributed by atoms with E-state index < -0.39 is 17.8 Å². The van der Waals surface area contributed by atoms with Gasteiger partial charge in [0.25, 0.3) is 11.8 Å². The van der Waals surface area contributed by atoms with Gasteiger partial charge >= 0.3 is 6.03 Å². The van der Waals surface area contributed by atoms with Crippen LogP contribution < -0.4 is 15.0 Å². The topological polar surface area (TPSA) is 75.7 Å². The minimum absolute atomic E-state index is 0.167. The van der Waals surface area contributed by atoms with E-state index in [1.165, 1.54) is 6.08 Å². The van der Waals surface area contributed by atoms with Crippen molar-refractivity contribution in [1.29, 1.82) is 0 Å². The van der Waals surface area contributed by atoms with Crippen molar-refractivity contribution in [3.8, 4) is 5.75 Å². The van der Waals surface area contributed by atoms with Gasteiger partial charge in [-0.1, -0.05) is 71.8 Å². The largest absolute Gasteiger partial charge is 0.488 e. The van der Waals surface area contributed by atoms with Gasteiger partial charge in [0, 0.05) is 10.6 Å². The summed E-state index contributed by atoms with van der Waals surface area (Å²) in [6.07, 6.45) is 1.49. The third kappa shape index (κ3) is 4.59. The summed E-state index contributed by atoms with van der Waals surface area (Å²) in [5.41, 5.74) is 2.62. The van der Waals surface area contributed by atoms with Gasteiger partial charge in [0.2, 0.25) is 0 Å². The van der Waals surface area contributed by atoms with Gasteiger partial charge in [-0.05, 0) is 59.7 Å². The average Bonchev–Trinajstić information content (AvgIpc) is 2.86. The number of benzene rings is 4. The standard InChI is InChI=1S/C29H21ClN2O4/c1-18-9-12-22(13-10-18)32-28(34)25(27(33)31-29(32)35)16-24-23-8-3-2-6-20(23)11-14-26(24)36-17-19-5-4-7-21(30)15-19/h2-16H,17H2,1H3,(H,31,33,35)/b25-16+. The van der Waals surface area contributed by atoms with Gasteiger partial charge in [0.15, 0.2) is 0 Å². The van der Waals surface area contributed by atoms with Crippen molar-refractivity contribution in [2.45, 2.75) is 13.5 Å². The number of aryl methyl sites for hydroxylation is 1. The van der Waals surface area contributed by atoms with Crippen molar-refractivity contribution in [2.75, 3.05) is 4.90 Å². The Labute approximate surface area is 212 Å². The lowest BCUT2D eigenvalue weighted by atomic mass is 9.99. The van der Waals surface area contributed by atoms with Crippen LogP contribution in [0.15, 0.2) is 90.5 Å². The van der Waals surface area contributed by atoms with E-state index in [0.29, 0.717) is 22.0 Å². The van der Waals surface area contributed by atoms with Crippen molar-refractivity contribution in [2.24, 2.45) is 0 Å². The number of carbonyl (C=O) groups is 3. The SMILES string of the molecule is Cc1ccc(N2C(=O)NC(=O)/C(=C\c3c(OCc4cccc(Cl)c4)ccc4ccccc34)C2=O)cc1. The van der Waals surface area contributed by atoms with Crippen LogP contribution >= 0.6 is 11.6 Å². The quantitative estimate of drug-likeness (QED) is 0.270. The van der Waals surface area contributed by atoms with Crippen LogP contribution in [0.2, 0.25) is 5.02 Å². The van der Waals surface area contributed by atoms with Crippen LogP contribution in [0.5, 0.6) is 5.75 Å². The first-order chi connectivity index (χ1) is 17.4. The van der Waals surface area contributed by atoms with E-state index in [0.717, 1.165) is 26.8 Å². The van der Waals surface area contributed by atoms with E-state index in [1.54, 1.807) is 36.4 Å². The third-order valence-corrected chi connectivity index (χ3v) is 6.13. The molecule has 0 spiro atoms. The Balaban J connectivity index is 1.58. The number of halogens is 1. The molecule has 178 valence electrons. The first-order valence-corrected chi connectivity index (χ1v) is 11.7. The first kappa shape index (κ1) is 23.3. The molecule has 0 radical (unpaired) electrons. The summed E-state index contributed by atoms with van der Waals surface area (Å²) < 4.78 is 6.12. The molecular weight excluding hydrogens is 476 g/mol. The predicted molar refractivity (Wildman–Crippen MR) is 140 cm³/mol. The molecule has 1 heterocycles. The molecule has 1 N–H and O–H groups in total. The lowest BCUT2D eigenvalue weighted by Crippen LogP contribution is -2.54. The molecule has 1 aliphatic rings. The normalized spacial score (nSPS) is 14.9. The van der Waals surface area contributed by atoms with Gasteiger partial charge in [0.05, 0.1) is 5.69 Å². The minimum atomic E-state index is -0.790. The molecular formula is C29H21ClN2O4. The molecule has 1 aliphatic heterocycles. The summed E-state index contributed by atoms with van der Waals surface area (Å²) in [4.78, 5) is 39.8. The van der Waals surface area contributed by atoms with Gasteiger partial charge < -0.3 is 4.74 Å². The van der Waals surface area contributed by atoms with Crippen LogP contribution in [0.3, 0.4) is 0 Å². The number of anilines is 1. The number of nitrogens with one attached hydrogen (secondary N) is 1. The molecule has 4 aromatic rings. The van der Waals surface area contributed by atoms with Crippen LogP contribution in [0.25, 0.3) is 16.8 Å². The summed E-state index contributed by atoms with van der Waals surface area (Å²) in [5.74, 6) is -0.982. The van der Waals surface area contributed by atoms with Gasteiger partial charge in [-0.15, -0.1) is 0 Å². The summed E-state index contributed by atoms with van der Waals surface area (Å²) >= 11 is 6.10. The van der Waals surface area contributed by atoms with E-state index >= 15 is 0 Å². The fraction of sp³-hybridized carbons (Fsp3) is 0.0690. The van der Waals surface area contributed by atoms with Crippen LogP contribution in [-0.2, 0) is 16.2 Å². The highest BCUT2D eigenvalue weighted by atomic mass is 35.5. The second-order valence-electron chi connectivity index (χ2n) is 8.41. The molecule has 0 bridgehead atoms. The van der Waals surface area contributed by atoms with Gasteiger partial charge in [0.1, 0.15) is 17.9 Å². The maximum Gasteiger partial charge on any atom is 0.335 e. The summed E-state index contributed by atoms with van der Waals surface area (Å²) in [6, 6.07) is 24.8. The van der Waals surface area contributed by atoms with Crippen molar-refractivity contribution in [1.82, 2.24) is 5.32 Å². The maximum atomic E-state index is 13.4. The van der Waals surface area contributed by atoms with E-state index in [2.05, 4.69) is 5.32 Å². The Kier molecular flexibility index (Phi) is 6.27. The molecule has 6 nitrogen and oxygen atoms in total. The number of urea groups is 1. The number of amides is 4. The molecule has 1 fully saturated rings.